The first-order chi connectivity index (χ1) is 10.1. The maximum absolute atomic E-state index is 11.8. The molecule has 3 unspecified atom stereocenters. The highest BCUT2D eigenvalue weighted by molar-refractivity contribution is 7.89. The molecule has 1 rings (SSSR count). The number of rotatable bonds is 8. The van der Waals surface area contributed by atoms with Crippen LogP contribution in [0.4, 0.5) is 0 Å². The van der Waals surface area contributed by atoms with Crippen molar-refractivity contribution in [2.75, 3.05) is 13.6 Å². The Morgan fingerprint density at radius 3 is 2.50 bits per heavy atom. The van der Waals surface area contributed by atoms with Crippen LogP contribution in [0.1, 0.15) is 45.7 Å². The van der Waals surface area contributed by atoms with Gasteiger partial charge < -0.3 is 10.4 Å². The van der Waals surface area contributed by atoms with E-state index in [1.54, 1.807) is 18.2 Å². The standard InChI is InChI=1S/C16H28N2O3S/c1-6-12(2)16(4,19)11-18-13(3)14-8-7-9-15(10-14)22(20,21)17-5/h7-10,12-13,17-19H,6,11H2,1-5H3. The van der Waals surface area contributed by atoms with Crippen molar-refractivity contribution in [1.82, 2.24) is 10.0 Å². The molecule has 1 aromatic carbocycles. The Labute approximate surface area is 134 Å². The molecule has 6 heteroatoms. The van der Waals surface area contributed by atoms with E-state index in [0.717, 1.165) is 12.0 Å². The highest BCUT2D eigenvalue weighted by Gasteiger charge is 2.27. The van der Waals surface area contributed by atoms with E-state index in [4.69, 9.17) is 0 Å². The Morgan fingerprint density at radius 2 is 1.95 bits per heavy atom. The minimum Gasteiger partial charge on any atom is -0.389 e. The van der Waals surface area contributed by atoms with Crippen molar-refractivity contribution in [3.05, 3.63) is 29.8 Å². The summed E-state index contributed by atoms with van der Waals surface area (Å²) in [7, 11) is -2.05. The Balaban J connectivity index is 2.83. The number of nitrogens with one attached hydrogen (secondary N) is 2. The molecule has 1 aromatic rings. The van der Waals surface area contributed by atoms with Crippen LogP contribution in [0.2, 0.25) is 0 Å². The summed E-state index contributed by atoms with van der Waals surface area (Å²) in [5, 5.41) is 13.7. The normalized spacial score (nSPS) is 17.7. The minimum absolute atomic E-state index is 0.0532. The minimum atomic E-state index is -3.44. The highest BCUT2D eigenvalue weighted by Crippen LogP contribution is 2.22. The topological polar surface area (TPSA) is 78.4 Å². The number of hydrogen-bond donors (Lipinski definition) is 3. The van der Waals surface area contributed by atoms with Crippen LogP contribution in [0.3, 0.4) is 0 Å². The van der Waals surface area contributed by atoms with Gasteiger partial charge in [0.25, 0.3) is 0 Å². The summed E-state index contributed by atoms with van der Waals surface area (Å²) in [6, 6.07) is 6.77. The predicted octanol–water partition coefficient (Wildman–Crippen LogP) is 2.04. The van der Waals surface area contributed by atoms with Gasteiger partial charge in [0, 0.05) is 12.6 Å². The van der Waals surface area contributed by atoms with Gasteiger partial charge in [-0.2, -0.15) is 0 Å². The Hall–Kier alpha value is -0.950. The van der Waals surface area contributed by atoms with E-state index >= 15 is 0 Å². The molecule has 0 saturated heterocycles. The van der Waals surface area contributed by atoms with Crippen LogP contribution in [-0.4, -0.2) is 32.7 Å². The first-order valence-corrected chi connectivity index (χ1v) is 9.11. The van der Waals surface area contributed by atoms with Gasteiger partial charge >= 0.3 is 0 Å². The molecule has 0 amide bonds. The fourth-order valence-electron chi connectivity index (χ4n) is 2.16. The second-order valence-electron chi connectivity index (χ2n) is 6.05. The summed E-state index contributed by atoms with van der Waals surface area (Å²) in [4.78, 5) is 0.245. The lowest BCUT2D eigenvalue weighted by atomic mass is 9.88. The highest BCUT2D eigenvalue weighted by atomic mass is 32.2. The lowest BCUT2D eigenvalue weighted by Crippen LogP contribution is -2.43. The van der Waals surface area contributed by atoms with Gasteiger partial charge in [-0.1, -0.05) is 32.4 Å². The summed E-state index contributed by atoms with van der Waals surface area (Å²) in [5.41, 5.74) is 0.0776. The van der Waals surface area contributed by atoms with Crippen molar-refractivity contribution >= 4 is 10.0 Å². The van der Waals surface area contributed by atoms with Gasteiger partial charge in [-0.3, -0.25) is 0 Å². The van der Waals surface area contributed by atoms with E-state index in [-0.39, 0.29) is 16.9 Å². The lowest BCUT2D eigenvalue weighted by Gasteiger charge is -2.31. The molecule has 0 fully saturated rings. The molecule has 0 aromatic heterocycles. The average Bonchev–Trinajstić information content (AvgIpc) is 2.51. The molecule has 0 aliphatic rings. The van der Waals surface area contributed by atoms with Gasteiger partial charge in [-0.05, 0) is 44.5 Å². The van der Waals surface area contributed by atoms with Crippen molar-refractivity contribution in [3.8, 4) is 0 Å². The average molecular weight is 328 g/mol. The van der Waals surface area contributed by atoms with Gasteiger partial charge in [0.1, 0.15) is 0 Å². The summed E-state index contributed by atoms with van der Waals surface area (Å²) in [6.45, 7) is 8.30. The summed E-state index contributed by atoms with van der Waals surface area (Å²) < 4.78 is 26.0. The number of hydrogen-bond acceptors (Lipinski definition) is 4. The van der Waals surface area contributed by atoms with E-state index in [1.165, 1.54) is 7.05 Å². The van der Waals surface area contributed by atoms with Gasteiger partial charge in [0.05, 0.1) is 10.5 Å². The van der Waals surface area contributed by atoms with Crippen LogP contribution in [0.5, 0.6) is 0 Å². The third-order valence-electron chi connectivity index (χ3n) is 4.38. The quantitative estimate of drug-likeness (QED) is 0.682. The molecule has 0 radical (unpaired) electrons. The first-order valence-electron chi connectivity index (χ1n) is 7.63. The summed E-state index contributed by atoms with van der Waals surface area (Å²) in [5.74, 6) is 0.184. The molecule has 0 saturated carbocycles. The van der Waals surface area contributed by atoms with Crippen LogP contribution in [0, 0.1) is 5.92 Å². The third kappa shape index (κ3) is 4.78. The van der Waals surface area contributed by atoms with E-state index < -0.39 is 15.6 Å². The van der Waals surface area contributed by atoms with E-state index in [2.05, 4.69) is 17.0 Å². The molecule has 0 aliphatic heterocycles. The third-order valence-corrected chi connectivity index (χ3v) is 5.79. The summed E-state index contributed by atoms with van der Waals surface area (Å²) >= 11 is 0. The molecule has 0 bridgehead atoms. The number of benzene rings is 1. The SMILES string of the molecule is CCC(C)C(C)(O)CNC(C)c1cccc(S(=O)(=O)NC)c1. The molecular formula is C16H28N2O3S. The van der Waals surface area contributed by atoms with Crippen molar-refractivity contribution in [2.24, 2.45) is 5.92 Å². The zero-order valence-electron chi connectivity index (χ0n) is 14.1. The van der Waals surface area contributed by atoms with E-state index in [1.807, 2.05) is 26.8 Å². The Bertz CT molecular complexity index is 585. The zero-order chi connectivity index (χ0) is 17.0. The first kappa shape index (κ1) is 19.1. The van der Waals surface area contributed by atoms with Gasteiger partial charge in [-0.25, -0.2) is 13.1 Å². The fraction of sp³-hybridized carbons (Fsp3) is 0.625. The molecule has 0 heterocycles. The fourth-order valence-corrected chi connectivity index (χ4v) is 2.95. The van der Waals surface area contributed by atoms with E-state index in [9.17, 15) is 13.5 Å². The van der Waals surface area contributed by atoms with Crippen molar-refractivity contribution < 1.29 is 13.5 Å². The second kappa shape index (κ2) is 7.55. The van der Waals surface area contributed by atoms with E-state index in [0.29, 0.717) is 6.54 Å². The van der Waals surface area contributed by atoms with Gasteiger partial charge in [-0.15, -0.1) is 0 Å². The second-order valence-corrected chi connectivity index (χ2v) is 7.94. The Kier molecular flexibility index (Phi) is 6.55. The molecule has 3 atom stereocenters. The van der Waals surface area contributed by atoms with Gasteiger partial charge in [0.2, 0.25) is 10.0 Å². The molecular weight excluding hydrogens is 300 g/mol. The Morgan fingerprint density at radius 1 is 1.32 bits per heavy atom. The molecule has 5 nitrogen and oxygen atoms in total. The van der Waals surface area contributed by atoms with Crippen LogP contribution >= 0.6 is 0 Å². The van der Waals surface area contributed by atoms with Crippen LogP contribution in [0.25, 0.3) is 0 Å². The summed E-state index contributed by atoms with van der Waals surface area (Å²) in [6.07, 6.45) is 0.902. The molecule has 22 heavy (non-hydrogen) atoms. The smallest absolute Gasteiger partial charge is 0.240 e. The molecule has 0 spiro atoms. The largest absolute Gasteiger partial charge is 0.389 e. The van der Waals surface area contributed by atoms with Crippen LogP contribution in [-0.2, 0) is 10.0 Å². The molecule has 126 valence electrons. The van der Waals surface area contributed by atoms with Crippen molar-refractivity contribution in [1.29, 1.82) is 0 Å². The van der Waals surface area contributed by atoms with Crippen LogP contribution < -0.4 is 10.0 Å². The van der Waals surface area contributed by atoms with Crippen LogP contribution in [0.15, 0.2) is 29.2 Å². The maximum Gasteiger partial charge on any atom is 0.240 e. The predicted molar refractivity (Wildman–Crippen MR) is 89.2 cm³/mol. The van der Waals surface area contributed by atoms with Gasteiger partial charge in [0.15, 0.2) is 0 Å². The number of aliphatic hydroxyl groups is 1. The number of sulfonamides is 1. The maximum atomic E-state index is 11.8. The molecule has 3 N–H and O–H groups in total. The lowest BCUT2D eigenvalue weighted by molar-refractivity contribution is 0.00364. The molecule has 0 aliphatic carbocycles. The van der Waals surface area contributed by atoms with Crippen molar-refractivity contribution in [3.63, 3.8) is 0 Å². The monoisotopic (exact) mass is 328 g/mol. The van der Waals surface area contributed by atoms with Crippen molar-refractivity contribution in [2.45, 2.75) is 50.7 Å². The zero-order valence-corrected chi connectivity index (χ0v) is 14.9.